The number of aliphatic hydroxyl groups excluding tert-OH is 1. The van der Waals surface area contributed by atoms with E-state index in [4.69, 9.17) is 5.26 Å². The Balaban J connectivity index is 2.21. The molecule has 1 amide bonds. The molecule has 0 bridgehead atoms. The third-order valence-corrected chi connectivity index (χ3v) is 2.66. The minimum atomic E-state index is -1.70. The Morgan fingerprint density at radius 3 is 2.55 bits per heavy atom. The number of carbonyl (C=O) groups excluding carboxylic acids is 1. The summed E-state index contributed by atoms with van der Waals surface area (Å²) in [6, 6.07) is 9.44. The van der Waals surface area contributed by atoms with Crippen molar-refractivity contribution >= 4 is 11.6 Å². The Morgan fingerprint density at radius 1 is 1.25 bits per heavy atom. The minimum Gasteiger partial charge on any atom is -0.364 e. The molecule has 6 nitrogen and oxygen atoms in total. The van der Waals surface area contributed by atoms with Crippen LogP contribution in [0.15, 0.2) is 42.7 Å². The van der Waals surface area contributed by atoms with Crippen molar-refractivity contribution in [1.82, 2.24) is 4.98 Å². The van der Waals surface area contributed by atoms with E-state index in [2.05, 4.69) is 10.3 Å². The molecule has 0 fully saturated rings. The number of nitrogens with zero attached hydrogens (tertiary/aromatic N) is 2. The lowest BCUT2D eigenvalue weighted by atomic mass is 10.1. The highest BCUT2D eigenvalue weighted by atomic mass is 16.5. The SMILES string of the molecule is N#Cc1ccc(C(=O)Nc2cnccc2C(O)O)cc1. The van der Waals surface area contributed by atoms with Crippen LogP contribution < -0.4 is 5.32 Å². The van der Waals surface area contributed by atoms with E-state index in [1.54, 1.807) is 0 Å². The van der Waals surface area contributed by atoms with Crippen molar-refractivity contribution in [3.63, 3.8) is 0 Å². The standard InChI is InChI=1S/C14H11N3O3/c15-7-9-1-3-10(4-2-9)13(18)17-12-8-16-6-5-11(12)14(19)20/h1-6,8,14,19-20H,(H,17,18). The number of anilines is 1. The molecule has 2 rings (SSSR count). The first-order valence-electron chi connectivity index (χ1n) is 5.73. The second-order valence-corrected chi connectivity index (χ2v) is 3.98. The summed E-state index contributed by atoms with van der Waals surface area (Å²) in [7, 11) is 0. The van der Waals surface area contributed by atoms with Gasteiger partial charge in [0.05, 0.1) is 23.5 Å². The summed E-state index contributed by atoms with van der Waals surface area (Å²) in [4.78, 5) is 15.8. The lowest BCUT2D eigenvalue weighted by molar-refractivity contribution is -0.0419. The lowest BCUT2D eigenvalue weighted by Crippen LogP contribution is -2.14. The van der Waals surface area contributed by atoms with E-state index in [0.29, 0.717) is 11.1 Å². The molecule has 1 aromatic heterocycles. The van der Waals surface area contributed by atoms with Crippen molar-refractivity contribution in [1.29, 1.82) is 5.26 Å². The topological polar surface area (TPSA) is 106 Å². The van der Waals surface area contributed by atoms with Crippen molar-refractivity contribution in [2.24, 2.45) is 0 Å². The van der Waals surface area contributed by atoms with E-state index in [1.165, 1.54) is 42.7 Å². The zero-order valence-corrected chi connectivity index (χ0v) is 10.3. The summed E-state index contributed by atoms with van der Waals surface area (Å²) >= 11 is 0. The molecule has 0 aliphatic carbocycles. The van der Waals surface area contributed by atoms with E-state index in [1.807, 2.05) is 6.07 Å². The maximum Gasteiger partial charge on any atom is 0.255 e. The van der Waals surface area contributed by atoms with Crippen molar-refractivity contribution < 1.29 is 15.0 Å². The number of hydrogen-bond acceptors (Lipinski definition) is 5. The van der Waals surface area contributed by atoms with Crippen LogP contribution in [0.25, 0.3) is 0 Å². The number of pyridine rings is 1. The van der Waals surface area contributed by atoms with Crippen LogP contribution in [0.5, 0.6) is 0 Å². The molecule has 0 radical (unpaired) electrons. The second-order valence-electron chi connectivity index (χ2n) is 3.98. The summed E-state index contributed by atoms with van der Waals surface area (Å²) < 4.78 is 0. The monoisotopic (exact) mass is 269 g/mol. The molecule has 0 spiro atoms. The summed E-state index contributed by atoms with van der Waals surface area (Å²) in [5.41, 5.74) is 1.18. The fourth-order valence-corrected chi connectivity index (χ4v) is 1.63. The van der Waals surface area contributed by atoms with Crippen LogP contribution in [0.1, 0.15) is 27.8 Å². The third-order valence-electron chi connectivity index (χ3n) is 2.66. The van der Waals surface area contributed by atoms with E-state index >= 15 is 0 Å². The summed E-state index contributed by atoms with van der Waals surface area (Å²) in [5, 5.41) is 29.6. The predicted octanol–water partition coefficient (Wildman–Crippen LogP) is 1.19. The van der Waals surface area contributed by atoms with Crippen LogP contribution in [-0.2, 0) is 0 Å². The van der Waals surface area contributed by atoms with Crippen LogP contribution in [0, 0.1) is 11.3 Å². The molecule has 100 valence electrons. The minimum absolute atomic E-state index is 0.155. The highest BCUT2D eigenvalue weighted by Crippen LogP contribution is 2.20. The first kappa shape index (κ1) is 13.7. The fourth-order valence-electron chi connectivity index (χ4n) is 1.63. The number of carbonyl (C=O) groups is 1. The average Bonchev–Trinajstić information content (AvgIpc) is 2.47. The van der Waals surface area contributed by atoms with Crippen molar-refractivity contribution in [3.8, 4) is 6.07 Å². The maximum atomic E-state index is 12.0. The van der Waals surface area contributed by atoms with Gasteiger partial charge in [-0.05, 0) is 30.3 Å². The normalized spacial score (nSPS) is 10.1. The Bertz CT molecular complexity index is 660. The highest BCUT2D eigenvalue weighted by molar-refractivity contribution is 6.04. The Kier molecular flexibility index (Phi) is 4.05. The molecule has 1 heterocycles. The van der Waals surface area contributed by atoms with Gasteiger partial charge < -0.3 is 15.5 Å². The van der Waals surface area contributed by atoms with Gasteiger partial charge in [0.25, 0.3) is 5.91 Å². The van der Waals surface area contributed by atoms with E-state index in [9.17, 15) is 15.0 Å². The molecule has 0 atom stereocenters. The Labute approximate surface area is 114 Å². The van der Waals surface area contributed by atoms with Crippen LogP contribution in [-0.4, -0.2) is 21.1 Å². The Morgan fingerprint density at radius 2 is 1.95 bits per heavy atom. The number of nitrogens with one attached hydrogen (secondary N) is 1. The van der Waals surface area contributed by atoms with Gasteiger partial charge in [0.1, 0.15) is 0 Å². The molecule has 20 heavy (non-hydrogen) atoms. The fraction of sp³-hybridized carbons (Fsp3) is 0.0714. The molecule has 0 saturated carbocycles. The molecule has 0 aliphatic rings. The average molecular weight is 269 g/mol. The zero-order chi connectivity index (χ0) is 14.5. The molecular weight excluding hydrogens is 258 g/mol. The third kappa shape index (κ3) is 2.98. The van der Waals surface area contributed by atoms with Gasteiger partial charge in [-0.2, -0.15) is 5.26 Å². The van der Waals surface area contributed by atoms with Gasteiger partial charge in [-0.1, -0.05) is 0 Å². The lowest BCUT2D eigenvalue weighted by Gasteiger charge is -2.11. The maximum absolute atomic E-state index is 12.0. The Hall–Kier alpha value is -2.75. The van der Waals surface area contributed by atoms with Gasteiger partial charge >= 0.3 is 0 Å². The molecule has 6 heteroatoms. The number of rotatable bonds is 3. The van der Waals surface area contributed by atoms with Crippen LogP contribution >= 0.6 is 0 Å². The quantitative estimate of drug-likeness (QED) is 0.725. The summed E-state index contributed by atoms with van der Waals surface area (Å²) in [5.74, 6) is -0.426. The number of benzene rings is 1. The molecule has 1 aromatic carbocycles. The van der Waals surface area contributed by atoms with Crippen molar-refractivity contribution in [2.75, 3.05) is 5.32 Å². The van der Waals surface area contributed by atoms with Gasteiger partial charge in [0.2, 0.25) is 0 Å². The number of aliphatic hydroxyl groups is 2. The summed E-state index contributed by atoms with van der Waals surface area (Å²) in [6.45, 7) is 0. The summed E-state index contributed by atoms with van der Waals surface area (Å²) in [6.07, 6.45) is 1.02. The van der Waals surface area contributed by atoms with Gasteiger partial charge in [0, 0.05) is 17.3 Å². The number of amides is 1. The smallest absolute Gasteiger partial charge is 0.255 e. The molecular formula is C14H11N3O3. The van der Waals surface area contributed by atoms with Crippen LogP contribution in [0.4, 0.5) is 5.69 Å². The molecule has 0 saturated heterocycles. The van der Waals surface area contributed by atoms with Crippen LogP contribution in [0.3, 0.4) is 0 Å². The largest absolute Gasteiger partial charge is 0.364 e. The molecule has 0 aliphatic heterocycles. The number of hydrogen-bond donors (Lipinski definition) is 3. The first-order valence-corrected chi connectivity index (χ1v) is 5.73. The predicted molar refractivity (Wildman–Crippen MR) is 70.5 cm³/mol. The zero-order valence-electron chi connectivity index (χ0n) is 10.3. The molecule has 3 N–H and O–H groups in total. The highest BCUT2D eigenvalue weighted by Gasteiger charge is 2.13. The number of nitriles is 1. The van der Waals surface area contributed by atoms with Gasteiger partial charge in [-0.25, -0.2) is 0 Å². The van der Waals surface area contributed by atoms with E-state index in [-0.39, 0.29) is 11.3 Å². The first-order chi connectivity index (χ1) is 9.61. The van der Waals surface area contributed by atoms with Crippen molar-refractivity contribution in [2.45, 2.75) is 6.29 Å². The van der Waals surface area contributed by atoms with Crippen molar-refractivity contribution in [3.05, 3.63) is 59.4 Å². The number of aromatic nitrogens is 1. The van der Waals surface area contributed by atoms with E-state index in [0.717, 1.165) is 0 Å². The van der Waals surface area contributed by atoms with Gasteiger partial charge in [-0.3, -0.25) is 9.78 Å². The van der Waals surface area contributed by atoms with Gasteiger partial charge in [0.15, 0.2) is 6.29 Å². The van der Waals surface area contributed by atoms with Gasteiger partial charge in [-0.15, -0.1) is 0 Å². The molecule has 0 unspecified atom stereocenters. The van der Waals surface area contributed by atoms with Crippen LogP contribution in [0.2, 0.25) is 0 Å². The van der Waals surface area contributed by atoms with E-state index < -0.39 is 12.2 Å². The second kappa shape index (κ2) is 5.93. The molecule has 2 aromatic rings.